The zero-order valence-corrected chi connectivity index (χ0v) is 17.0. The average Bonchev–Trinajstić information content (AvgIpc) is 3.36. The fraction of sp³-hybridized carbons (Fsp3) is 0.381. The van der Waals surface area contributed by atoms with Crippen molar-refractivity contribution >= 4 is 29.1 Å². The van der Waals surface area contributed by atoms with E-state index < -0.39 is 0 Å². The van der Waals surface area contributed by atoms with Crippen LogP contribution in [-0.4, -0.2) is 48.9 Å². The maximum absolute atomic E-state index is 13.1. The van der Waals surface area contributed by atoms with Gasteiger partial charge in [0.1, 0.15) is 0 Å². The molecule has 0 aliphatic carbocycles. The van der Waals surface area contributed by atoms with Crippen LogP contribution in [0.15, 0.2) is 35.0 Å². The Labute approximate surface area is 173 Å². The summed E-state index contributed by atoms with van der Waals surface area (Å²) < 4.78 is 5.08. The van der Waals surface area contributed by atoms with Crippen LogP contribution in [0.4, 0.5) is 0 Å². The number of fused-ring (bicyclic) bond motifs is 1. The molecule has 4 rings (SSSR count). The number of methoxy groups -OCH3 is 1. The number of thiophene rings is 1. The molecule has 1 aromatic heterocycles. The van der Waals surface area contributed by atoms with Crippen molar-refractivity contribution in [2.45, 2.75) is 31.5 Å². The molecule has 0 radical (unpaired) electrons. The summed E-state index contributed by atoms with van der Waals surface area (Å²) in [6.07, 6.45) is 0.920. The molecule has 0 unspecified atom stereocenters. The number of carbonyl (C=O) groups excluding carboxylic acids is 3. The normalized spacial score (nSPS) is 21.1. The first kappa shape index (κ1) is 19.6. The van der Waals surface area contributed by atoms with E-state index in [1.807, 2.05) is 22.9 Å². The second kappa shape index (κ2) is 8.34. The second-order valence-electron chi connectivity index (χ2n) is 7.28. The number of hydrogen-bond acceptors (Lipinski definition) is 5. The van der Waals surface area contributed by atoms with E-state index >= 15 is 0 Å². The maximum atomic E-state index is 13.1. The topological polar surface area (TPSA) is 87.7 Å². The minimum atomic E-state index is -0.287. The van der Waals surface area contributed by atoms with E-state index in [0.717, 1.165) is 11.1 Å². The van der Waals surface area contributed by atoms with Crippen LogP contribution in [0.3, 0.4) is 0 Å². The quantitative estimate of drug-likeness (QED) is 0.759. The summed E-state index contributed by atoms with van der Waals surface area (Å²) in [5, 5.41) is 9.97. The molecule has 2 aliphatic heterocycles. The Morgan fingerprint density at radius 2 is 2.21 bits per heavy atom. The van der Waals surface area contributed by atoms with Crippen LogP contribution in [-0.2, 0) is 16.1 Å². The van der Waals surface area contributed by atoms with Crippen molar-refractivity contribution in [3.8, 4) is 0 Å². The molecule has 2 atom stereocenters. The standard InChI is InChI=1S/C21H23N3O4S/c1-28-9-8-24-11-13-3-2-4-15(18(13)21(24)27)20(26)22-16-5-6-17(25)23-19(16)14-7-10-29-12-14/h2-4,7,10,12,16,19H,5-6,8-9,11H2,1H3,(H,22,26)(H,23,25)/t16-,19+/m1/s1. The molecule has 3 heterocycles. The number of rotatable bonds is 6. The van der Waals surface area contributed by atoms with Gasteiger partial charge in [-0.3, -0.25) is 14.4 Å². The summed E-state index contributed by atoms with van der Waals surface area (Å²) in [5.41, 5.74) is 2.68. The van der Waals surface area contributed by atoms with Gasteiger partial charge in [0.25, 0.3) is 11.8 Å². The number of amides is 3. The fourth-order valence-corrected chi connectivity index (χ4v) is 4.66. The number of ether oxygens (including phenoxy) is 1. The van der Waals surface area contributed by atoms with Crippen molar-refractivity contribution in [1.29, 1.82) is 0 Å². The lowest BCUT2D eigenvalue weighted by Crippen LogP contribution is -2.50. The van der Waals surface area contributed by atoms with Crippen molar-refractivity contribution in [3.05, 3.63) is 57.3 Å². The van der Waals surface area contributed by atoms with Gasteiger partial charge < -0.3 is 20.3 Å². The molecule has 7 nitrogen and oxygen atoms in total. The summed E-state index contributed by atoms with van der Waals surface area (Å²) in [5.74, 6) is -0.449. The molecular formula is C21H23N3O4S. The molecule has 1 aromatic carbocycles. The maximum Gasteiger partial charge on any atom is 0.255 e. The van der Waals surface area contributed by atoms with Gasteiger partial charge in [0.2, 0.25) is 5.91 Å². The van der Waals surface area contributed by atoms with Crippen LogP contribution in [0, 0.1) is 0 Å². The predicted octanol–water partition coefficient (Wildman–Crippen LogP) is 2.10. The van der Waals surface area contributed by atoms with Gasteiger partial charge >= 0.3 is 0 Å². The van der Waals surface area contributed by atoms with Crippen LogP contribution in [0.5, 0.6) is 0 Å². The number of carbonyl (C=O) groups is 3. The highest BCUT2D eigenvalue weighted by Gasteiger charge is 2.35. The molecule has 0 spiro atoms. The van der Waals surface area contributed by atoms with Crippen molar-refractivity contribution < 1.29 is 19.1 Å². The molecule has 1 fully saturated rings. The molecule has 0 bridgehead atoms. The second-order valence-corrected chi connectivity index (χ2v) is 8.06. The van der Waals surface area contributed by atoms with Gasteiger partial charge in [0.15, 0.2) is 0 Å². The number of benzene rings is 1. The average molecular weight is 413 g/mol. The van der Waals surface area contributed by atoms with Gasteiger partial charge in [-0.15, -0.1) is 0 Å². The van der Waals surface area contributed by atoms with E-state index in [-0.39, 0.29) is 29.8 Å². The van der Waals surface area contributed by atoms with Gasteiger partial charge in [0.05, 0.1) is 29.8 Å². The van der Waals surface area contributed by atoms with E-state index in [1.165, 1.54) is 0 Å². The first-order valence-electron chi connectivity index (χ1n) is 9.61. The highest BCUT2D eigenvalue weighted by molar-refractivity contribution is 7.08. The summed E-state index contributed by atoms with van der Waals surface area (Å²) in [4.78, 5) is 39.6. The smallest absolute Gasteiger partial charge is 0.255 e. The van der Waals surface area contributed by atoms with Crippen molar-refractivity contribution in [2.75, 3.05) is 20.3 Å². The fourth-order valence-electron chi connectivity index (χ4n) is 3.96. The minimum Gasteiger partial charge on any atom is -0.383 e. The van der Waals surface area contributed by atoms with Gasteiger partial charge in [0, 0.05) is 26.6 Å². The first-order chi connectivity index (χ1) is 14.1. The Balaban J connectivity index is 1.55. The molecule has 8 heteroatoms. The SMILES string of the molecule is COCCN1Cc2cccc(C(=O)N[C@@H]3CCC(=O)N[C@H]3c3ccsc3)c2C1=O. The lowest BCUT2D eigenvalue weighted by atomic mass is 9.93. The van der Waals surface area contributed by atoms with Gasteiger partial charge in [-0.25, -0.2) is 0 Å². The summed E-state index contributed by atoms with van der Waals surface area (Å²) in [7, 11) is 1.60. The van der Waals surface area contributed by atoms with Crippen LogP contribution < -0.4 is 10.6 Å². The molecule has 152 valence electrons. The lowest BCUT2D eigenvalue weighted by molar-refractivity contribution is -0.123. The zero-order valence-electron chi connectivity index (χ0n) is 16.1. The highest BCUT2D eigenvalue weighted by atomic mass is 32.1. The third-order valence-corrected chi connectivity index (χ3v) is 6.14. The van der Waals surface area contributed by atoms with E-state index in [0.29, 0.717) is 43.7 Å². The van der Waals surface area contributed by atoms with Gasteiger partial charge in [-0.2, -0.15) is 11.3 Å². The van der Waals surface area contributed by atoms with Crippen LogP contribution in [0.1, 0.15) is 50.7 Å². The van der Waals surface area contributed by atoms with Crippen molar-refractivity contribution in [1.82, 2.24) is 15.5 Å². The van der Waals surface area contributed by atoms with Crippen molar-refractivity contribution in [2.24, 2.45) is 0 Å². The monoisotopic (exact) mass is 413 g/mol. The third kappa shape index (κ3) is 3.90. The minimum absolute atomic E-state index is 0.0173. The van der Waals surface area contributed by atoms with E-state index in [9.17, 15) is 14.4 Å². The summed E-state index contributed by atoms with van der Waals surface area (Å²) in [6, 6.07) is 6.83. The molecular weight excluding hydrogens is 390 g/mol. The van der Waals surface area contributed by atoms with Crippen LogP contribution in [0.25, 0.3) is 0 Å². The molecule has 1 saturated heterocycles. The molecule has 0 saturated carbocycles. The molecule has 3 amide bonds. The molecule has 2 aliphatic rings. The Morgan fingerprint density at radius 3 is 2.97 bits per heavy atom. The Kier molecular flexibility index (Phi) is 5.64. The van der Waals surface area contributed by atoms with E-state index in [2.05, 4.69) is 10.6 Å². The largest absolute Gasteiger partial charge is 0.383 e. The number of nitrogens with one attached hydrogen (secondary N) is 2. The first-order valence-corrected chi connectivity index (χ1v) is 10.5. The Morgan fingerprint density at radius 1 is 1.34 bits per heavy atom. The summed E-state index contributed by atoms with van der Waals surface area (Å²) >= 11 is 1.55. The van der Waals surface area contributed by atoms with Crippen LogP contribution in [0.2, 0.25) is 0 Å². The zero-order chi connectivity index (χ0) is 20.4. The Hall–Kier alpha value is -2.71. The molecule has 29 heavy (non-hydrogen) atoms. The molecule has 2 aromatic rings. The van der Waals surface area contributed by atoms with E-state index in [1.54, 1.807) is 35.5 Å². The van der Waals surface area contributed by atoms with Gasteiger partial charge in [-0.05, 0) is 40.4 Å². The number of nitrogens with zero attached hydrogens (tertiary/aromatic N) is 1. The summed E-state index contributed by atoms with van der Waals surface area (Å²) in [6.45, 7) is 1.42. The highest BCUT2D eigenvalue weighted by Crippen LogP contribution is 2.28. The lowest BCUT2D eigenvalue weighted by Gasteiger charge is -2.32. The molecule has 2 N–H and O–H groups in total. The Bertz CT molecular complexity index is 928. The van der Waals surface area contributed by atoms with Gasteiger partial charge in [-0.1, -0.05) is 12.1 Å². The van der Waals surface area contributed by atoms with E-state index in [4.69, 9.17) is 4.74 Å². The third-order valence-electron chi connectivity index (χ3n) is 5.44. The predicted molar refractivity (Wildman–Crippen MR) is 109 cm³/mol. The van der Waals surface area contributed by atoms with Crippen molar-refractivity contribution in [3.63, 3.8) is 0 Å². The number of hydrogen-bond donors (Lipinski definition) is 2. The number of piperidine rings is 1. The van der Waals surface area contributed by atoms with Crippen LogP contribution >= 0.6 is 11.3 Å².